The van der Waals surface area contributed by atoms with Crippen LogP contribution in [0.2, 0.25) is 0 Å². The molecule has 3 aromatic rings. The van der Waals surface area contributed by atoms with Crippen LogP contribution >= 0.6 is 11.3 Å². The molecule has 22 heavy (non-hydrogen) atoms. The average molecular weight is 311 g/mol. The smallest absolute Gasteiger partial charge is 0.243 e. The molecule has 1 heterocycles. The molecule has 0 bridgehead atoms. The number of amides is 2. The van der Waals surface area contributed by atoms with E-state index >= 15 is 0 Å². The molecule has 0 spiro atoms. The van der Waals surface area contributed by atoms with Gasteiger partial charge in [0.05, 0.1) is 10.2 Å². The van der Waals surface area contributed by atoms with E-state index in [-0.39, 0.29) is 0 Å². The summed E-state index contributed by atoms with van der Waals surface area (Å²) in [5.41, 5.74) is 6.75. The highest BCUT2D eigenvalue weighted by molar-refractivity contribution is 7.22. The third-order valence-corrected chi connectivity index (χ3v) is 4.16. The molecule has 0 saturated heterocycles. The fraction of sp³-hybridized carbons (Fsp3) is 0.0625. The molecule has 5 nitrogen and oxygen atoms in total. The second-order valence-corrected chi connectivity index (χ2v) is 5.75. The number of aromatic nitrogens is 1. The number of rotatable bonds is 4. The number of carbonyl (C=O) groups excluding carboxylic acids is 2. The lowest BCUT2D eigenvalue weighted by Crippen LogP contribution is -2.32. The Balaban J connectivity index is 1.86. The fourth-order valence-electron chi connectivity index (χ4n) is 2.19. The zero-order valence-electron chi connectivity index (χ0n) is 11.5. The van der Waals surface area contributed by atoms with Gasteiger partial charge in [0, 0.05) is 0 Å². The second-order valence-electron chi connectivity index (χ2n) is 4.72. The summed E-state index contributed by atoms with van der Waals surface area (Å²) in [6.07, 6.45) is 0. The van der Waals surface area contributed by atoms with Gasteiger partial charge in [0.1, 0.15) is 5.92 Å². The number of hydrogen-bond acceptors (Lipinski definition) is 4. The number of anilines is 1. The van der Waals surface area contributed by atoms with Crippen LogP contribution in [0.5, 0.6) is 0 Å². The molecule has 6 heteroatoms. The molecule has 2 aromatic carbocycles. The molecule has 0 fully saturated rings. The highest BCUT2D eigenvalue weighted by Gasteiger charge is 2.27. The Morgan fingerprint density at radius 3 is 2.41 bits per heavy atom. The van der Waals surface area contributed by atoms with Gasteiger partial charge in [0.25, 0.3) is 0 Å². The predicted octanol–water partition coefficient (Wildman–Crippen LogP) is 2.50. The fourth-order valence-corrected chi connectivity index (χ4v) is 3.06. The van der Waals surface area contributed by atoms with E-state index in [1.807, 2.05) is 30.3 Å². The summed E-state index contributed by atoms with van der Waals surface area (Å²) in [5, 5.41) is 3.13. The first kappa shape index (κ1) is 14.2. The van der Waals surface area contributed by atoms with Gasteiger partial charge in [0.15, 0.2) is 5.13 Å². The highest BCUT2D eigenvalue weighted by atomic mass is 32.1. The number of nitrogens with one attached hydrogen (secondary N) is 1. The summed E-state index contributed by atoms with van der Waals surface area (Å²) in [6.45, 7) is 0. The van der Waals surface area contributed by atoms with E-state index in [0.717, 1.165) is 10.2 Å². The number of nitrogens with two attached hydrogens (primary N) is 1. The molecule has 0 radical (unpaired) electrons. The van der Waals surface area contributed by atoms with Crippen LogP contribution in [-0.2, 0) is 9.59 Å². The van der Waals surface area contributed by atoms with Crippen LogP contribution in [0.1, 0.15) is 11.5 Å². The van der Waals surface area contributed by atoms with Gasteiger partial charge in [-0.2, -0.15) is 0 Å². The number of thiazole rings is 1. The summed E-state index contributed by atoms with van der Waals surface area (Å²) in [5.74, 6) is -2.20. The zero-order chi connectivity index (χ0) is 15.5. The van der Waals surface area contributed by atoms with Gasteiger partial charge in [-0.3, -0.25) is 9.59 Å². The summed E-state index contributed by atoms with van der Waals surface area (Å²) in [6, 6.07) is 16.3. The van der Waals surface area contributed by atoms with Gasteiger partial charge in [-0.1, -0.05) is 53.8 Å². The molecule has 0 aliphatic rings. The van der Waals surface area contributed by atoms with E-state index in [1.165, 1.54) is 11.3 Å². The minimum atomic E-state index is -1.03. The number of fused-ring (bicyclic) bond motifs is 1. The first-order chi connectivity index (χ1) is 10.6. The topological polar surface area (TPSA) is 85.1 Å². The molecule has 0 aliphatic carbocycles. The molecule has 110 valence electrons. The molecule has 3 N–H and O–H groups in total. The number of hydrogen-bond donors (Lipinski definition) is 2. The Labute approximate surface area is 130 Å². The number of nitrogens with zero attached hydrogens (tertiary/aromatic N) is 1. The van der Waals surface area contributed by atoms with E-state index in [9.17, 15) is 9.59 Å². The van der Waals surface area contributed by atoms with Crippen LogP contribution in [0, 0.1) is 0 Å². The zero-order valence-corrected chi connectivity index (χ0v) is 12.3. The normalized spacial score (nSPS) is 12.0. The van der Waals surface area contributed by atoms with Crippen molar-refractivity contribution in [1.29, 1.82) is 0 Å². The maximum absolute atomic E-state index is 12.4. The monoisotopic (exact) mass is 311 g/mol. The van der Waals surface area contributed by atoms with Gasteiger partial charge in [-0.05, 0) is 17.7 Å². The number of benzene rings is 2. The lowest BCUT2D eigenvalue weighted by molar-refractivity contribution is -0.127. The molecule has 1 unspecified atom stereocenters. The van der Waals surface area contributed by atoms with Crippen molar-refractivity contribution in [2.75, 3.05) is 5.32 Å². The highest BCUT2D eigenvalue weighted by Crippen LogP contribution is 2.26. The summed E-state index contributed by atoms with van der Waals surface area (Å²) < 4.78 is 0.966. The van der Waals surface area contributed by atoms with Crippen LogP contribution in [-0.4, -0.2) is 16.8 Å². The van der Waals surface area contributed by atoms with Crippen LogP contribution in [0.25, 0.3) is 10.2 Å². The van der Waals surface area contributed by atoms with Gasteiger partial charge >= 0.3 is 0 Å². The first-order valence-electron chi connectivity index (χ1n) is 6.66. The second kappa shape index (κ2) is 5.95. The lowest BCUT2D eigenvalue weighted by atomic mass is 9.98. The van der Waals surface area contributed by atoms with Crippen molar-refractivity contribution in [1.82, 2.24) is 4.98 Å². The minimum absolute atomic E-state index is 0.452. The van der Waals surface area contributed by atoms with Gasteiger partial charge in [-0.25, -0.2) is 4.98 Å². The van der Waals surface area contributed by atoms with Crippen LogP contribution < -0.4 is 11.1 Å². The number of para-hydroxylation sites is 1. The number of primary amides is 1. The Bertz CT molecular complexity index is 797. The maximum Gasteiger partial charge on any atom is 0.243 e. The molecule has 2 amide bonds. The summed E-state index contributed by atoms with van der Waals surface area (Å²) in [4.78, 5) is 28.4. The molecular weight excluding hydrogens is 298 g/mol. The van der Waals surface area contributed by atoms with E-state index in [1.54, 1.807) is 24.3 Å². The standard InChI is InChI=1S/C16H13N3O2S/c17-14(20)13(10-6-2-1-3-7-10)15(21)19-16-18-11-8-4-5-9-12(11)22-16/h1-9,13H,(H2,17,20)(H,18,19,21). The van der Waals surface area contributed by atoms with Crippen molar-refractivity contribution in [2.45, 2.75) is 5.92 Å². The molecule has 0 aliphatic heterocycles. The van der Waals surface area contributed by atoms with Gasteiger partial charge in [-0.15, -0.1) is 0 Å². The average Bonchev–Trinajstić information content (AvgIpc) is 2.90. The van der Waals surface area contributed by atoms with Crippen molar-refractivity contribution >= 4 is 38.5 Å². The van der Waals surface area contributed by atoms with E-state index < -0.39 is 17.7 Å². The molecule has 1 aromatic heterocycles. The summed E-state index contributed by atoms with van der Waals surface area (Å²) in [7, 11) is 0. The largest absolute Gasteiger partial charge is 0.369 e. The third kappa shape index (κ3) is 2.82. The SMILES string of the molecule is NC(=O)C(C(=O)Nc1nc2ccccc2s1)c1ccccc1. The maximum atomic E-state index is 12.4. The van der Waals surface area contributed by atoms with Gasteiger partial charge < -0.3 is 11.1 Å². The minimum Gasteiger partial charge on any atom is -0.369 e. The molecule has 1 atom stereocenters. The molecular formula is C16H13N3O2S. The van der Waals surface area contributed by atoms with Crippen molar-refractivity contribution in [3.63, 3.8) is 0 Å². The Hall–Kier alpha value is -2.73. The van der Waals surface area contributed by atoms with Crippen LogP contribution in [0.4, 0.5) is 5.13 Å². The van der Waals surface area contributed by atoms with E-state index in [2.05, 4.69) is 10.3 Å². The number of carbonyl (C=O) groups is 2. The third-order valence-electron chi connectivity index (χ3n) is 3.20. The van der Waals surface area contributed by atoms with Crippen molar-refractivity contribution in [3.8, 4) is 0 Å². The lowest BCUT2D eigenvalue weighted by Gasteiger charge is -2.12. The molecule has 0 saturated carbocycles. The van der Waals surface area contributed by atoms with Crippen molar-refractivity contribution < 1.29 is 9.59 Å². The van der Waals surface area contributed by atoms with E-state index in [0.29, 0.717) is 10.7 Å². The summed E-state index contributed by atoms with van der Waals surface area (Å²) >= 11 is 1.35. The first-order valence-corrected chi connectivity index (χ1v) is 7.47. The Kier molecular flexibility index (Phi) is 3.84. The van der Waals surface area contributed by atoms with E-state index in [4.69, 9.17) is 5.73 Å². The Morgan fingerprint density at radius 2 is 1.73 bits per heavy atom. The van der Waals surface area contributed by atoms with Gasteiger partial charge in [0.2, 0.25) is 11.8 Å². The Morgan fingerprint density at radius 1 is 1.05 bits per heavy atom. The van der Waals surface area contributed by atoms with Crippen LogP contribution in [0.3, 0.4) is 0 Å². The van der Waals surface area contributed by atoms with Crippen LogP contribution in [0.15, 0.2) is 54.6 Å². The quantitative estimate of drug-likeness (QED) is 0.726. The molecule has 3 rings (SSSR count). The van der Waals surface area contributed by atoms with Crippen molar-refractivity contribution in [3.05, 3.63) is 60.2 Å². The predicted molar refractivity (Wildman–Crippen MR) is 86.6 cm³/mol. The van der Waals surface area contributed by atoms with Crippen molar-refractivity contribution in [2.24, 2.45) is 5.73 Å².